The van der Waals surface area contributed by atoms with Crippen molar-refractivity contribution in [2.75, 3.05) is 14.1 Å². The highest BCUT2D eigenvalue weighted by atomic mass is 16.5. The van der Waals surface area contributed by atoms with Crippen LogP contribution < -0.4 is 0 Å². The summed E-state index contributed by atoms with van der Waals surface area (Å²) in [6, 6.07) is 9.72. The van der Waals surface area contributed by atoms with Gasteiger partial charge in [-0.2, -0.15) is 4.98 Å². The zero-order valence-electron chi connectivity index (χ0n) is 12.5. The van der Waals surface area contributed by atoms with Gasteiger partial charge < -0.3 is 18.9 Å². The first kappa shape index (κ1) is 14.5. The molecule has 0 aliphatic rings. The Morgan fingerprint density at radius 2 is 1.91 bits per heavy atom. The number of nitrogens with zero attached hydrogens (tertiary/aromatic N) is 3. The van der Waals surface area contributed by atoms with Gasteiger partial charge in [-0.1, -0.05) is 29.4 Å². The van der Waals surface area contributed by atoms with Crippen LogP contribution in [0.2, 0.25) is 0 Å². The third-order valence-corrected chi connectivity index (χ3v) is 3.19. The zero-order chi connectivity index (χ0) is 15.5. The average Bonchev–Trinajstić information content (AvgIpc) is 3.16. The van der Waals surface area contributed by atoms with Gasteiger partial charge in [-0.05, 0) is 25.7 Å². The molecule has 0 saturated heterocycles. The molecule has 0 spiro atoms. The van der Waals surface area contributed by atoms with Gasteiger partial charge in [0.25, 0.3) is 5.89 Å². The Morgan fingerprint density at radius 1 is 1.14 bits per heavy atom. The lowest BCUT2D eigenvalue weighted by molar-refractivity contribution is 0.247. The Balaban J connectivity index is 1.81. The maximum absolute atomic E-state index is 9.01. The molecule has 1 N–H and O–H groups in total. The van der Waals surface area contributed by atoms with E-state index < -0.39 is 0 Å². The second-order valence-electron chi connectivity index (χ2n) is 5.32. The largest absolute Gasteiger partial charge is 0.466 e. The molecule has 0 saturated carbocycles. The van der Waals surface area contributed by atoms with Gasteiger partial charge in [-0.15, -0.1) is 0 Å². The Morgan fingerprint density at radius 3 is 2.55 bits per heavy atom. The topological polar surface area (TPSA) is 75.5 Å². The fourth-order valence-corrected chi connectivity index (χ4v) is 2.16. The first-order chi connectivity index (χ1) is 10.7. The maximum atomic E-state index is 9.01. The molecule has 6 heteroatoms. The van der Waals surface area contributed by atoms with Crippen molar-refractivity contribution in [3.05, 3.63) is 47.9 Å². The second kappa shape index (κ2) is 6.13. The summed E-state index contributed by atoms with van der Waals surface area (Å²) in [4.78, 5) is 6.47. The first-order valence-corrected chi connectivity index (χ1v) is 6.92. The van der Waals surface area contributed by atoms with Crippen LogP contribution in [-0.2, 0) is 13.2 Å². The molecule has 3 rings (SSSR count). The molecule has 0 unspecified atom stereocenters. The number of aromatic nitrogens is 2. The number of furan rings is 1. The van der Waals surface area contributed by atoms with Crippen LogP contribution in [0.1, 0.15) is 11.3 Å². The van der Waals surface area contributed by atoms with Crippen molar-refractivity contribution in [2.45, 2.75) is 13.2 Å². The van der Waals surface area contributed by atoms with Crippen LogP contribution in [0.25, 0.3) is 22.8 Å². The lowest BCUT2D eigenvalue weighted by Crippen LogP contribution is -2.10. The highest BCUT2D eigenvalue weighted by Gasteiger charge is 2.13. The Kier molecular flexibility index (Phi) is 4.04. The highest BCUT2D eigenvalue weighted by molar-refractivity contribution is 5.59. The summed E-state index contributed by atoms with van der Waals surface area (Å²) in [7, 11) is 4.07. The van der Waals surface area contributed by atoms with Gasteiger partial charge in [0, 0.05) is 12.1 Å². The van der Waals surface area contributed by atoms with Crippen LogP contribution in [0.4, 0.5) is 0 Å². The van der Waals surface area contributed by atoms with Crippen LogP contribution in [0, 0.1) is 0 Å². The standard InChI is InChI=1S/C16H17N3O3/c1-19(2)8-11-3-5-12(6-4-11)15-17-16(22-18-15)13-7-14(9-20)21-10-13/h3-7,10,20H,8-9H2,1-2H3. The van der Waals surface area contributed by atoms with Gasteiger partial charge in [0.05, 0.1) is 5.56 Å². The molecule has 6 nitrogen and oxygen atoms in total. The Bertz CT molecular complexity index is 744. The van der Waals surface area contributed by atoms with E-state index in [1.54, 1.807) is 6.07 Å². The van der Waals surface area contributed by atoms with Crippen molar-refractivity contribution in [2.24, 2.45) is 0 Å². The van der Waals surface area contributed by atoms with Crippen molar-refractivity contribution in [3.8, 4) is 22.8 Å². The smallest absolute Gasteiger partial charge is 0.261 e. The molecule has 0 aliphatic heterocycles. The predicted molar refractivity (Wildman–Crippen MR) is 80.7 cm³/mol. The SMILES string of the molecule is CN(C)Cc1ccc(-c2noc(-c3coc(CO)c3)n2)cc1. The average molecular weight is 299 g/mol. The number of hydrogen-bond acceptors (Lipinski definition) is 6. The Labute approximate surface area is 128 Å². The molecule has 114 valence electrons. The van der Waals surface area contributed by atoms with Crippen molar-refractivity contribution in [1.29, 1.82) is 0 Å². The number of aliphatic hydroxyl groups excluding tert-OH is 1. The Hall–Kier alpha value is -2.44. The van der Waals surface area contributed by atoms with Gasteiger partial charge in [0.2, 0.25) is 5.82 Å². The van der Waals surface area contributed by atoms with E-state index in [1.807, 2.05) is 38.4 Å². The second-order valence-corrected chi connectivity index (χ2v) is 5.32. The van der Waals surface area contributed by atoms with E-state index >= 15 is 0 Å². The molecule has 0 amide bonds. The summed E-state index contributed by atoms with van der Waals surface area (Å²) in [5.41, 5.74) is 2.77. The zero-order valence-corrected chi connectivity index (χ0v) is 12.5. The summed E-state index contributed by atoms with van der Waals surface area (Å²) < 4.78 is 10.4. The molecule has 0 bridgehead atoms. The molecular weight excluding hydrogens is 282 g/mol. The van der Waals surface area contributed by atoms with Crippen molar-refractivity contribution >= 4 is 0 Å². The molecule has 2 aromatic heterocycles. The van der Waals surface area contributed by atoms with E-state index in [-0.39, 0.29) is 6.61 Å². The minimum absolute atomic E-state index is 0.158. The van der Waals surface area contributed by atoms with Gasteiger partial charge in [0.15, 0.2) is 0 Å². The normalized spacial score (nSPS) is 11.3. The molecule has 3 aromatic rings. The van der Waals surface area contributed by atoms with E-state index in [9.17, 15) is 0 Å². The third-order valence-electron chi connectivity index (χ3n) is 3.19. The molecule has 1 aromatic carbocycles. The first-order valence-electron chi connectivity index (χ1n) is 6.92. The summed E-state index contributed by atoms with van der Waals surface area (Å²) in [5, 5.41) is 13.0. The van der Waals surface area contributed by atoms with Crippen LogP contribution in [0.15, 0.2) is 45.5 Å². The number of benzene rings is 1. The van der Waals surface area contributed by atoms with E-state index in [0.29, 0.717) is 23.0 Å². The molecule has 0 radical (unpaired) electrons. The highest BCUT2D eigenvalue weighted by Crippen LogP contribution is 2.24. The van der Waals surface area contributed by atoms with E-state index in [1.165, 1.54) is 11.8 Å². The van der Waals surface area contributed by atoms with E-state index in [2.05, 4.69) is 15.0 Å². The lowest BCUT2D eigenvalue weighted by Gasteiger charge is -2.09. The van der Waals surface area contributed by atoms with Crippen molar-refractivity contribution in [1.82, 2.24) is 15.0 Å². The molecule has 2 heterocycles. The fourth-order valence-electron chi connectivity index (χ4n) is 2.16. The van der Waals surface area contributed by atoms with Gasteiger partial charge >= 0.3 is 0 Å². The molecule has 0 fully saturated rings. The van der Waals surface area contributed by atoms with Gasteiger partial charge in [0.1, 0.15) is 18.6 Å². The van der Waals surface area contributed by atoms with E-state index in [0.717, 1.165) is 12.1 Å². The van der Waals surface area contributed by atoms with Gasteiger partial charge in [-0.25, -0.2) is 0 Å². The summed E-state index contributed by atoms with van der Waals surface area (Å²) in [6.07, 6.45) is 1.49. The summed E-state index contributed by atoms with van der Waals surface area (Å²) >= 11 is 0. The molecule has 0 aliphatic carbocycles. The lowest BCUT2D eigenvalue weighted by atomic mass is 10.1. The van der Waals surface area contributed by atoms with Crippen LogP contribution in [0.5, 0.6) is 0 Å². The van der Waals surface area contributed by atoms with Crippen molar-refractivity contribution in [3.63, 3.8) is 0 Å². The molecule has 0 atom stereocenters. The predicted octanol–water partition coefficient (Wildman–Crippen LogP) is 2.55. The quantitative estimate of drug-likeness (QED) is 0.780. The fraction of sp³-hybridized carbons (Fsp3) is 0.250. The maximum Gasteiger partial charge on any atom is 0.261 e. The minimum Gasteiger partial charge on any atom is -0.466 e. The summed E-state index contributed by atoms with van der Waals surface area (Å²) in [5.74, 6) is 1.36. The minimum atomic E-state index is -0.158. The van der Waals surface area contributed by atoms with Crippen molar-refractivity contribution < 1.29 is 14.0 Å². The van der Waals surface area contributed by atoms with Crippen LogP contribution in [-0.4, -0.2) is 34.2 Å². The summed E-state index contributed by atoms with van der Waals surface area (Å²) in [6.45, 7) is 0.727. The van der Waals surface area contributed by atoms with Crippen LogP contribution in [0.3, 0.4) is 0 Å². The van der Waals surface area contributed by atoms with Crippen LogP contribution >= 0.6 is 0 Å². The number of rotatable bonds is 5. The van der Waals surface area contributed by atoms with Gasteiger partial charge in [-0.3, -0.25) is 0 Å². The molecule has 22 heavy (non-hydrogen) atoms. The monoisotopic (exact) mass is 299 g/mol. The molecular formula is C16H17N3O3. The third kappa shape index (κ3) is 3.08. The van der Waals surface area contributed by atoms with E-state index in [4.69, 9.17) is 14.0 Å². The number of hydrogen-bond donors (Lipinski definition) is 1. The number of aliphatic hydroxyl groups is 1.